The molecule has 0 aliphatic heterocycles. The van der Waals surface area contributed by atoms with Gasteiger partial charge in [-0.1, -0.05) is 18.2 Å². The molecule has 4 aromatic rings. The number of carbonyl (C=O) groups excluding carboxylic acids is 1. The minimum absolute atomic E-state index is 0.0250. The molecule has 0 unspecified atom stereocenters. The summed E-state index contributed by atoms with van der Waals surface area (Å²) in [5.74, 6) is 0.722. The first-order valence-corrected chi connectivity index (χ1v) is 9.86. The Morgan fingerprint density at radius 3 is 2.58 bits per heavy atom. The quantitative estimate of drug-likeness (QED) is 0.365. The smallest absolute Gasteiger partial charge is 0.349 e. The van der Waals surface area contributed by atoms with Crippen LogP contribution in [0.5, 0.6) is 0 Å². The van der Waals surface area contributed by atoms with E-state index in [-0.39, 0.29) is 5.56 Å². The van der Waals surface area contributed by atoms with Gasteiger partial charge in [0, 0.05) is 24.2 Å². The highest BCUT2D eigenvalue weighted by atomic mass is 16.4. The summed E-state index contributed by atoms with van der Waals surface area (Å²) in [6, 6.07) is 12.2. The van der Waals surface area contributed by atoms with Gasteiger partial charge in [-0.25, -0.2) is 9.48 Å². The monoisotopic (exact) mass is 418 g/mol. The van der Waals surface area contributed by atoms with Gasteiger partial charge in [-0.2, -0.15) is 5.10 Å². The molecule has 9 nitrogen and oxygen atoms in total. The van der Waals surface area contributed by atoms with Crippen LogP contribution in [0.2, 0.25) is 0 Å². The predicted molar refractivity (Wildman–Crippen MR) is 117 cm³/mol. The number of hydrogen-bond donors (Lipinski definition) is 2. The first-order valence-electron chi connectivity index (χ1n) is 9.86. The third kappa shape index (κ3) is 4.16. The van der Waals surface area contributed by atoms with Gasteiger partial charge in [-0.05, 0) is 50.6 Å². The fourth-order valence-electron chi connectivity index (χ4n) is 3.16. The minimum atomic E-state index is -0.662. The van der Waals surface area contributed by atoms with E-state index in [1.807, 2.05) is 32.9 Å². The zero-order valence-corrected chi connectivity index (χ0v) is 17.5. The first-order chi connectivity index (χ1) is 14.9. The van der Waals surface area contributed by atoms with Gasteiger partial charge in [0.15, 0.2) is 5.82 Å². The number of para-hydroxylation sites is 1. The van der Waals surface area contributed by atoms with Gasteiger partial charge in [0.05, 0.1) is 5.69 Å². The van der Waals surface area contributed by atoms with Crippen molar-refractivity contribution in [1.29, 1.82) is 0 Å². The van der Waals surface area contributed by atoms with E-state index < -0.39 is 11.5 Å². The number of carbonyl (C=O) groups is 1. The normalized spacial score (nSPS) is 10.9. The van der Waals surface area contributed by atoms with E-state index >= 15 is 0 Å². The summed E-state index contributed by atoms with van der Waals surface area (Å²) in [4.78, 5) is 24.4. The molecule has 2 N–H and O–H groups in total. The van der Waals surface area contributed by atoms with Gasteiger partial charge in [-0.15, -0.1) is 10.2 Å². The molecular weight excluding hydrogens is 396 g/mol. The number of rotatable bonds is 6. The molecule has 0 radical (unpaired) electrons. The van der Waals surface area contributed by atoms with Crippen molar-refractivity contribution >= 4 is 22.7 Å². The molecule has 0 atom stereocenters. The molecule has 0 aliphatic carbocycles. The van der Waals surface area contributed by atoms with E-state index in [4.69, 9.17) is 4.42 Å². The molecule has 31 heavy (non-hydrogen) atoms. The number of nitrogens with zero attached hydrogens (tertiary/aromatic N) is 4. The predicted octanol–water partition coefficient (Wildman–Crippen LogP) is 2.54. The molecule has 0 bridgehead atoms. The molecule has 0 saturated heterocycles. The Morgan fingerprint density at radius 1 is 1.06 bits per heavy atom. The Balaban J connectivity index is 1.33. The molecule has 4 rings (SSSR count). The van der Waals surface area contributed by atoms with E-state index in [1.54, 1.807) is 28.9 Å². The highest BCUT2D eigenvalue weighted by Crippen LogP contribution is 2.15. The SMILES string of the molecule is Cc1nn(-c2ccc(NCCNC(=O)c3cc4ccccc4oc3=O)nn2)c(C)c1C. The molecule has 1 amide bonds. The summed E-state index contributed by atoms with van der Waals surface area (Å²) in [5, 5.41) is 19.3. The van der Waals surface area contributed by atoms with Crippen LogP contribution in [0.3, 0.4) is 0 Å². The van der Waals surface area contributed by atoms with Crippen LogP contribution in [0, 0.1) is 20.8 Å². The largest absolute Gasteiger partial charge is 0.422 e. The van der Waals surface area contributed by atoms with E-state index in [0.717, 1.165) is 17.0 Å². The average molecular weight is 418 g/mol. The lowest BCUT2D eigenvalue weighted by atomic mass is 10.2. The van der Waals surface area contributed by atoms with Crippen molar-refractivity contribution in [2.45, 2.75) is 20.8 Å². The number of hydrogen-bond acceptors (Lipinski definition) is 7. The summed E-state index contributed by atoms with van der Waals surface area (Å²) in [6.45, 7) is 6.68. The Morgan fingerprint density at radius 2 is 1.87 bits per heavy atom. The van der Waals surface area contributed by atoms with Crippen LogP contribution < -0.4 is 16.3 Å². The van der Waals surface area contributed by atoms with Gasteiger partial charge >= 0.3 is 5.63 Å². The van der Waals surface area contributed by atoms with Crippen molar-refractivity contribution < 1.29 is 9.21 Å². The van der Waals surface area contributed by atoms with Gasteiger partial charge in [0.1, 0.15) is 17.0 Å². The average Bonchev–Trinajstić information content (AvgIpc) is 3.03. The Labute approximate surface area is 178 Å². The summed E-state index contributed by atoms with van der Waals surface area (Å²) in [5.41, 5.74) is 2.86. The maximum atomic E-state index is 12.3. The standard InChI is InChI=1S/C22H22N6O3/c1-13-14(2)27-28(15(13)3)20-9-8-19(25-26-20)23-10-11-24-21(29)17-12-16-6-4-5-7-18(16)31-22(17)30/h4-9,12H,10-11H2,1-3H3,(H,23,25)(H,24,29). The van der Waals surface area contributed by atoms with Crippen molar-refractivity contribution in [2.75, 3.05) is 18.4 Å². The topological polar surface area (TPSA) is 115 Å². The molecule has 3 aromatic heterocycles. The zero-order chi connectivity index (χ0) is 22.0. The molecule has 3 heterocycles. The van der Waals surface area contributed by atoms with E-state index in [1.165, 1.54) is 6.07 Å². The number of aromatic nitrogens is 4. The van der Waals surface area contributed by atoms with Crippen molar-refractivity contribution in [2.24, 2.45) is 0 Å². The Hall–Kier alpha value is -4.01. The van der Waals surface area contributed by atoms with Crippen molar-refractivity contribution in [1.82, 2.24) is 25.3 Å². The third-order valence-corrected chi connectivity index (χ3v) is 5.12. The molecule has 0 spiro atoms. The summed E-state index contributed by atoms with van der Waals surface area (Å²) in [7, 11) is 0. The molecule has 1 aromatic carbocycles. The van der Waals surface area contributed by atoms with Gasteiger partial charge in [0.2, 0.25) is 0 Å². The van der Waals surface area contributed by atoms with Crippen LogP contribution in [0.25, 0.3) is 16.8 Å². The fourth-order valence-corrected chi connectivity index (χ4v) is 3.16. The van der Waals surface area contributed by atoms with Crippen LogP contribution in [-0.4, -0.2) is 39.0 Å². The van der Waals surface area contributed by atoms with E-state index in [0.29, 0.717) is 35.7 Å². The molecule has 0 aliphatic rings. The summed E-state index contributed by atoms with van der Waals surface area (Å²) >= 11 is 0. The van der Waals surface area contributed by atoms with Crippen LogP contribution in [0.1, 0.15) is 27.3 Å². The number of amides is 1. The molecule has 158 valence electrons. The zero-order valence-electron chi connectivity index (χ0n) is 17.5. The van der Waals surface area contributed by atoms with E-state index in [2.05, 4.69) is 25.9 Å². The van der Waals surface area contributed by atoms with Gasteiger partial charge < -0.3 is 15.1 Å². The molecule has 9 heteroatoms. The highest BCUT2D eigenvalue weighted by Gasteiger charge is 2.13. The number of nitrogens with one attached hydrogen (secondary N) is 2. The second-order valence-corrected chi connectivity index (χ2v) is 7.15. The lowest BCUT2D eigenvalue weighted by Crippen LogP contribution is -2.32. The van der Waals surface area contributed by atoms with Crippen LogP contribution in [0.4, 0.5) is 5.82 Å². The van der Waals surface area contributed by atoms with Crippen LogP contribution in [0.15, 0.2) is 51.7 Å². The van der Waals surface area contributed by atoms with Crippen LogP contribution in [-0.2, 0) is 0 Å². The Kier molecular flexibility index (Phi) is 5.48. The van der Waals surface area contributed by atoms with Crippen LogP contribution >= 0.6 is 0 Å². The molecule has 0 saturated carbocycles. The number of anilines is 1. The maximum absolute atomic E-state index is 12.3. The first kappa shape index (κ1) is 20.3. The minimum Gasteiger partial charge on any atom is -0.422 e. The summed E-state index contributed by atoms with van der Waals surface area (Å²) < 4.78 is 6.96. The number of aryl methyl sites for hydroxylation is 1. The van der Waals surface area contributed by atoms with Gasteiger partial charge in [0.25, 0.3) is 5.91 Å². The number of fused-ring (bicyclic) bond motifs is 1. The van der Waals surface area contributed by atoms with Crippen molar-refractivity contribution in [3.63, 3.8) is 0 Å². The van der Waals surface area contributed by atoms with E-state index in [9.17, 15) is 9.59 Å². The lowest BCUT2D eigenvalue weighted by Gasteiger charge is -2.08. The number of benzene rings is 1. The third-order valence-electron chi connectivity index (χ3n) is 5.12. The highest BCUT2D eigenvalue weighted by molar-refractivity contribution is 5.96. The second kappa shape index (κ2) is 8.39. The van der Waals surface area contributed by atoms with Crippen molar-refractivity contribution in [3.05, 3.63) is 75.4 Å². The Bertz CT molecular complexity index is 1310. The van der Waals surface area contributed by atoms with Crippen molar-refractivity contribution in [3.8, 4) is 5.82 Å². The fraction of sp³-hybridized carbons (Fsp3) is 0.227. The molecular formula is C22H22N6O3. The molecule has 0 fully saturated rings. The second-order valence-electron chi connectivity index (χ2n) is 7.15. The maximum Gasteiger partial charge on any atom is 0.349 e. The van der Waals surface area contributed by atoms with Gasteiger partial charge in [-0.3, -0.25) is 4.79 Å². The summed E-state index contributed by atoms with van der Waals surface area (Å²) in [6.07, 6.45) is 0. The lowest BCUT2D eigenvalue weighted by molar-refractivity contribution is 0.0951.